The summed E-state index contributed by atoms with van der Waals surface area (Å²) in [5.41, 5.74) is 4.82. The molecule has 2 rings (SSSR count). The molecule has 1 aromatic heterocycles. The van der Waals surface area contributed by atoms with E-state index in [1.807, 2.05) is 25.3 Å². The molecule has 0 unspecified atom stereocenters. The van der Waals surface area contributed by atoms with Gasteiger partial charge in [0.1, 0.15) is 0 Å². The van der Waals surface area contributed by atoms with Crippen molar-refractivity contribution in [3.05, 3.63) is 24.0 Å². The van der Waals surface area contributed by atoms with Gasteiger partial charge in [0, 0.05) is 12.2 Å². The minimum Gasteiger partial charge on any atom is -0.360 e. The molecule has 0 radical (unpaired) electrons. The lowest BCUT2D eigenvalue weighted by Gasteiger charge is -2.30. The fourth-order valence-electron chi connectivity index (χ4n) is 2.48. The van der Waals surface area contributed by atoms with Gasteiger partial charge in [-0.25, -0.2) is 0 Å². The van der Waals surface area contributed by atoms with E-state index >= 15 is 0 Å². The molecule has 0 spiro atoms. The average molecular weight is 278 g/mol. The van der Waals surface area contributed by atoms with Gasteiger partial charge < -0.3 is 10.3 Å². The number of hydrazone groups is 1. The molecule has 0 aliphatic heterocycles. The number of nitrogens with zero attached hydrogens (tertiary/aromatic N) is 1. The van der Waals surface area contributed by atoms with Gasteiger partial charge in [0.25, 0.3) is 0 Å². The molecule has 104 valence electrons. The number of aromatic nitrogens is 1. The summed E-state index contributed by atoms with van der Waals surface area (Å²) in [7, 11) is 0. The normalized spacial score (nSPS) is 24.0. The number of rotatable bonds is 3. The lowest BCUT2D eigenvalue weighted by atomic mass is 9.86. The van der Waals surface area contributed by atoms with E-state index in [4.69, 9.17) is 12.2 Å². The smallest absolute Gasteiger partial charge is 0.187 e. The van der Waals surface area contributed by atoms with Gasteiger partial charge in [0.05, 0.1) is 11.4 Å². The summed E-state index contributed by atoms with van der Waals surface area (Å²) in [6.07, 6.45) is 6.99. The topological polar surface area (TPSA) is 52.2 Å². The molecule has 5 heteroatoms. The Morgan fingerprint density at radius 1 is 1.42 bits per heavy atom. The molecule has 1 aliphatic rings. The first-order valence-corrected chi connectivity index (χ1v) is 7.32. The molecule has 1 aromatic rings. The summed E-state index contributed by atoms with van der Waals surface area (Å²) in [4.78, 5) is 3.11. The van der Waals surface area contributed by atoms with Crippen LogP contribution in [0, 0.1) is 5.92 Å². The molecule has 2 atom stereocenters. The molecule has 1 fully saturated rings. The van der Waals surface area contributed by atoms with Crippen molar-refractivity contribution in [1.82, 2.24) is 15.7 Å². The molecule has 1 saturated carbocycles. The minimum absolute atomic E-state index is 0.481. The first kappa shape index (κ1) is 14.1. The average Bonchev–Trinajstić information content (AvgIpc) is 2.93. The van der Waals surface area contributed by atoms with Crippen LogP contribution in [0.15, 0.2) is 23.4 Å². The standard InChI is InChI=1S/C14H22N4S/c1-10-6-3-4-7-12(10)16-14(19)18-17-11(2)13-8-5-9-15-13/h5,8-10,12,15H,3-4,6-7H2,1-2H3,(H2,16,18,19)/b17-11+/t10-,12+/m0/s1. The van der Waals surface area contributed by atoms with Crippen molar-refractivity contribution in [2.24, 2.45) is 11.0 Å². The zero-order valence-electron chi connectivity index (χ0n) is 11.6. The molecule has 4 nitrogen and oxygen atoms in total. The van der Waals surface area contributed by atoms with E-state index in [9.17, 15) is 0 Å². The fourth-order valence-corrected chi connectivity index (χ4v) is 2.68. The van der Waals surface area contributed by atoms with Crippen molar-refractivity contribution >= 4 is 23.0 Å². The van der Waals surface area contributed by atoms with Crippen LogP contribution in [0.25, 0.3) is 0 Å². The van der Waals surface area contributed by atoms with Crippen LogP contribution in [0.1, 0.15) is 45.2 Å². The first-order valence-electron chi connectivity index (χ1n) is 6.91. The summed E-state index contributed by atoms with van der Waals surface area (Å²) < 4.78 is 0. The van der Waals surface area contributed by atoms with Crippen molar-refractivity contribution in [3.63, 3.8) is 0 Å². The Balaban J connectivity index is 1.82. The van der Waals surface area contributed by atoms with Gasteiger partial charge in [-0.2, -0.15) is 5.10 Å². The van der Waals surface area contributed by atoms with Gasteiger partial charge in [0.15, 0.2) is 5.11 Å². The second-order valence-corrected chi connectivity index (χ2v) is 5.64. The van der Waals surface area contributed by atoms with E-state index in [1.54, 1.807) is 0 Å². The van der Waals surface area contributed by atoms with E-state index in [2.05, 4.69) is 27.8 Å². The van der Waals surface area contributed by atoms with E-state index in [-0.39, 0.29) is 0 Å². The largest absolute Gasteiger partial charge is 0.360 e. The van der Waals surface area contributed by atoms with Crippen LogP contribution < -0.4 is 10.7 Å². The zero-order valence-corrected chi connectivity index (χ0v) is 12.4. The van der Waals surface area contributed by atoms with E-state index in [1.165, 1.54) is 25.7 Å². The van der Waals surface area contributed by atoms with Gasteiger partial charge in [-0.05, 0) is 50.0 Å². The molecular weight excluding hydrogens is 256 g/mol. The Morgan fingerprint density at radius 2 is 2.21 bits per heavy atom. The highest BCUT2D eigenvalue weighted by Crippen LogP contribution is 2.23. The van der Waals surface area contributed by atoms with Crippen LogP contribution >= 0.6 is 12.2 Å². The van der Waals surface area contributed by atoms with Crippen LogP contribution in [0.2, 0.25) is 0 Å². The summed E-state index contributed by atoms with van der Waals surface area (Å²) in [6, 6.07) is 4.42. The Labute approximate surface area is 120 Å². The summed E-state index contributed by atoms with van der Waals surface area (Å²) >= 11 is 5.30. The lowest BCUT2D eigenvalue weighted by Crippen LogP contribution is -2.44. The van der Waals surface area contributed by atoms with Crippen molar-refractivity contribution < 1.29 is 0 Å². The quantitative estimate of drug-likeness (QED) is 0.453. The van der Waals surface area contributed by atoms with E-state index in [0.29, 0.717) is 17.1 Å². The third-order valence-corrected chi connectivity index (χ3v) is 3.95. The Kier molecular flexibility index (Phi) is 4.96. The number of thiocarbonyl (C=S) groups is 1. The van der Waals surface area contributed by atoms with Crippen LogP contribution in [-0.2, 0) is 0 Å². The highest BCUT2D eigenvalue weighted by atomic mass is 32.1. The molecule has 1 heterocycles. The Hall–Kier alpha value is -1.36. The number of hydrogen-bond donors (Lipinski definition) is 3. The third kappa shape index (κ3) is 4.06. The highest BCUT2D eigenvalue weighted by molar-refractivity contribution is 7.80. The maximum absolute atomic E-state index is 5.30. The number of aromatic amines is 1. The van der Waals surface area contributed by atoms with E-state index < -0.39 is 0 Å². The van der Waals surface area contributed by atoms with Gasteiger partial charge in [-0.3, -0.25) is 5.43 Å². The van der Waals surface area contributed by atoms with Gasteiger partial charge >= 0.3 is 0 Å². The maximum Gasteiger partial charge on any atom is 0.187 e. The van der Waals surface area contributed by atoms with Gasteiger partial charge in [-0.15, -0.1) is 0 Å². The van der Waals surface area contributed by atoms with Crippen LogP contribution in [0.4, 0.5) is 0 Å². The molecule has 0 aromatic carbocycles. The first-order chi connectivity index (χ1) is 9.16. The van der Waals surface area contributed by atoms with Crippen LogP contribution in [0.5, 0.6) is 0 Å². The monoisotopic (exact) mass is 278 g/mol. The molecule has 1 aliphatic carbocycles. The minimum atomic E-state index is 0.481. The number of H-pyrrole nitrogens is 1. The molecule has 0 amide bonds. The van der Waals surface area contributed by atoms with Crippen LogP contribution in [0.3, 0.4) is 0 Å². The molecule has 0 saturated heterocycles. The van der Waals surface area contributed by atoms with Crippen molar-refractivity contribution in [3.8, 4) is 0 Å². The summed E-state index contributed by atoms with van der Waals surface area (Å²) in [5, 5.41) is 8.28. The second kappa shape index (κ2) is 6.70. The van der Waals surface area contributed by atoms with Crippen molar-refractivity contribution in [2.45, 2.75) is 45.6 Å². The second-order valence-electron chi connectivity index (χ2n) is 5.23. The highest BCUT2D eigenvalue weighted by Gasteiger charge is 2.21. The predicted molar refractivity (Wildman–Crippen MR) is 83.3 cm³/mol. The van der Waals surface area contributed by atoms with Gasteiger partial charge in [-0.1, -0.05) is 19.8 Å². The third-order valence-electron chi connectivity index (χ3n) is 3.74. The predicted octanol–water partition coefficient (Wildman–Crippen LogP) is 2.78. The summed E-state index contributed by atoms with van der Waals surface area (Å²) in [5.74, 6) is 0.682. The SMILES string of the molecule is C/C(=N\NC(=S)N[C@@H]1CCCC[C@@H]1C)c1ccc[nH]1. The van der Waals surface area contributed by atoms with Gasteiger partial charge in [0.2, 0.25) is 0 Å². The fraction of sp³-hybridized carbons (Fsp3) is 0.571. The zero-order chi connectivity index (χ0) is 13.7. The van der Waals surface area contributed by atoms with Crippen molar-refractivity contribution in [2.75, 3.05) is 0 Å². The molecule has 0 bridgehead atoms. The molecule has 19 heavy (non-hydrogen) atoms. The summed E-state index contributed by atoms with van der Waals surface area (Å²) in [6.45, 7) is 4.23. The molecular formula is C14H22N4S. The Bertz CT molecular complexity index is 438. The lowest BCUT2D eigenvalue weighted by molar-refractivity contribution is 0.308. The Morgan fingerprint density at radius 3 is 2.89 bits per heavy atom. The number of hydrogen-bond acceptors (Lipinski definition) is 2. The van der Waals surface area contributed by atoms with Crippen molar-refractivity contribution in [1.29, 1.82) is 0 Å². The van der Waals surface area contributed by atoms with E-state index in [0.717, 1.165) is 11.4 Å². The van der Waals surface area contributed by atoms with Crippen LogP contribution in [-0.4, -0.2) is 21.8 Å². The molecule has 3 N–H and O–H groups in total. The number of nitrogens with one attached hydrogen (secondary N) is 3. The maximum atomic E-state index is 5.30.